The van der Waals surface area contributed by atoms with Crippen LogP contribution in [-0.4, -0.2) is 29.2 Å². The summed E-state index contributed by atoms with van der Waals surface area (Å²) in [6, 6.07) is 10.6. The Morgan fingerprint density at radius 2 is 1.91 bits per heavy atom. The predicted molar refractivity (Wildman–Crippen MR) is 135 cm³/mol. The number of nitrogens with one attached hydrogen (secondary N) is 1. The van der Waals surface area contributed by atoms with Gasteiger partial charge in [-0.05, 0) is 83.2 Å². The highest BCUT2D eigenvalue weighted by atomic mass is 16.5. The van der Waals surface area contributed by atoms with Gasteiger partial charge in [-0.15, -0.1) is 0 Å². The van der Waals surface area contributed by atoms with E-state index in [9.17, 15) is 0 Å². The van der Waals surface area contributed by atoms with Crippen LogP contribution in [0.2, 0.25) is 0 Å². The molecule has 2 aromatic heterocycles. The Kier molecular flexibility index (Phi) is 8.63. The largest absolute Gasteiger partial charge is 0.489 e. The number of hydrogen-bond donors (Lipinski definition) is 2. The Labute approximate surface area is 192 Å². The number of nitrogens with zero attached hydrogens (tertiary/aromatic N) is 2. The lowest BCUT2D eigenvalue weighted by molar-refractivity contribution is 0.241. The van der Waals surface area contributed by atoms with Gasteiger partial charge in [0.15, 0.2) is 0 Å². The van der Waals surface area contributed by atoms with Gasteiger partial charge in [-0.3, -0.25) is 9.97 Å². The second kappa shape index (κ2) is 11.6. The number of ether oxygens (including phenoxy) is 1. The van der Waals surface area contributed by atoms with E-state index in [1.54, 1.807) is 6.20 Å². The molecule has 0 saturated heterocycles. The van der Waals surface area contributed by atoms with Crippen LogP contribution in [0.1, 0.15) is 56.9 Å². The van der Waals surface area contributed by atoms with Crippen LogP contribution in [0.5, 0.6) is 5.75 Å². The lowest BCUT2D eigenvalue weighted by Crippen LogP contribution is -2.19. The lowest BCUT2D eigenvalue weighted by atomic mass is 9.93. The standard InChI is InChI=1S/C14H22N2O.C13H14N2/c1-11(2)17-14-8-13(9-16-10-14)7-5-6-12(3)15-4;14-13-9-5-1-3-7-11(9)15-12-8-4-2-6-10(12)13/h5,7-12,15H,6H2,1-4H3;1,3,5,7H,2,4,6,8H2,(H2,14,15)/b7-5+;/t12-;/m0./s1. The Hall–Kier alpha value is -2.92. The minimum Gasteiger partial charge on any atom is -0.489 e. The number of para-hydroxylation sites is 1. The zero-order chi connectivity index (χ0) is 22.9. The topological polar surface area (TPSA) is 73.1 Å². The molecule has 0 spiro atoms. The Morgan fingerprint density at radius 1 is 1.12 bits per heavy atom. The molecule has 170 valence electrons. The Bertz CT molecular complexity index is 1050. The van der Waals surface area contributed by atoms with Crippen LogP contribution in [0.25, 0.3) is 17.0 Å². The Morgan fingerprint density at radius 3 is 2.69 bits per heavy atom. The average molecular weight is 433 g/mol. The first kappa shape index (κ1) is 23.7. The summed E-state index contributed by atoms with van der Waals surface area (Å²) in [5, 5.41) is 4.31. The summed E-state index contributed by atoms with van der Waals surface area (Å²) in [5.74, 6) is 0.823. The van der Waals surface area contributed by atoms with Gasteiger partial charge in [0.2, 0.25) is 0 Å². The molecule has 1 aliphatic rings. The maximum absolute atomic E-state index is 6.20. The van der Waals surface area contributed by atoms with Crippen molar-refractivity contribution in [3.8, 4) is 5.75 Å². The molecule has 3 aromatic rings. The normalized spacial score (nSPS) is 14.2. The van der Waals surface area contributed by atoms with Crippen molar-refractivity contribution in [1.82, 2.24) is 15.3 Å². The molecule has 0 bridgehead atoms. The molecule has 0 saturated carbocycles. The van der Waals surface area contributed by atoms with Gasteiger partial charge in [0, 0.05) is 29.0 Å². The number of fused-ring (bicyclic) bond motifs is 2. The molecule has 4 rings (SSSR count). The number of hydrogen-bond acceptors (Lipinski definition) is 5. The van der Waals surface area contributed by atoms with E-state index in [1.807, 2.05) is 51.4 Å². The molecule has 0 aliphatic heterocycles. The number of anilines is 1. The van der Waals surface area contributed by atoms with Crippen molar-refractivity contribution in [2.75, 3.05) is 12.8 Å². The summed E-state index contributed by atoms with van der Waals surface area (Å²) < 4.78 is 5.59. The first-order valence-corrected chi connectivity index (χ1v) is 11.6. The van der Waals surface area contributed by atoms with E-state index in [0.717, 1.165) is 47.2 Å². The molecular formula is C27H36N4O. The molecule has 3 N–H and O–H groups in total. The van der Waals surface area contributed by atoms with Gasteiger partial charge < -0.3 is 15.8 Å². The number of nitrogens with two attached hydrogens (primary N) is 1. The van der Waals surface area contributed by atoms with Crippen molar-refractivity contribution in [2.24, 2.45) is 0 Å². The smallest absolute Gasteiger partial charge is 0.138 e. The highest BCUT2D eigenvalue weighted by molar-refractivity contribution is 5.92. The lowest BCUT2D eigenvalue weighted by Gasteiger charge is -2.18. The summed E-state index contributed by atoms with van der Waals surface area (Å²) in [6.45, 7) is 6.18. The molecule has 1 atom stereocenters. The van der Waals surface area contributed by atoms with Crippen molar-refractivity contribution >= 4 is 22.7 Å². The van der Waals surface area contributed by atoms with E-state index in [1.165, 1.54) is 24.1 Å². The minimum absolute atomic E-state index is 0.181. The summed E-state index contributed by atoms with van der Waals surface area (Å²) in [7, 11) is 1.97. The molecule has 2 heterocycles. The highest BCUT2D eigenvalue weighted by Crippen LogP contribution is 2.30. The summed E-state index contributed by atoms with van der Waals surface area (Å²) >= 11 is 0. The molecular weight excluding hydrogens is 396 g/mol. The predicted octanol–water partition coefficient (Wildman–Crippen LogP) is 5.58. The first-order valence-electron chi connectivity index (χ1n) is 11.6. The fourth-order valence-corrected chi connectivity index (χ4v) is 3.80. The second-order valence-corrected chi connectivity index (χ2v) is 8.62. The zero-order valence-electron chi connectivity index (χ0n) is 19.8. The van der Waals surface area contributed by atoms with Gasteiger partial charge in [-0.1, -0.05) is 30.4 Å². The van der Waals surface area contributed by atoms with Gasteiger partial charge in [0.1, 0.15) is 5.75 Å². The fraction of sp³-hybridized carbons (Fsp3) is 0.407. The zero-order valence-corrected chi connectivity index (χ0v) is 19.8. The fourth-order valence-electron chi connectivity index (χ4n) is 3.80. The summed E-state index contributed by atoms with van der Waals surface area (Å²) in [6.07, 6.45) is 13.7. The second-order valence-electron chi connectivity index (χ2n) is 8.62. The van der Waals surface area contributed by atoms with E-state index < -0.39 is 0 Å². The van der Waals surface area contributed by atoms with Gasteiger partial charge in [-0.25, -0.2) is 0 Å². The van der Waals surface area contributed by atoms with Crippen LogP contribution in [0, 0.1) is 0 Å². The molecule has 5 heteroatoms. The molecule has 32 heavy (non-hydrogen) atoms. The van der Waals surface area contributed by atoms with Gasteiger partial charge >= 0.3 is 0 Å². The number of nitrogen functional groups attached to an aromatic ring is 1. The third kappa shape index (κ3) is 6.54. The van der Waals surface area contributed by atoms with Crippen molar-refractivity contribution in [1.29, 1.82) is 0 Å². The van der Waals surface area contributed by atoms with Crippen LogP contribution >= 0.6 is 0 Å². The third-order valence-corrected chi connectivity index (χ3v) is 5.61. The molecule has 5 nitrogen and oxygen atoms in total. The van der Waals surface area contributed by atoms with Crippen LogP contribution in [0.15, 0.2) is 48.8 Å². The van der Waals surface area contributed by atoms with Crippen LogP contribution in [0.3, 0.4) is 0 Å². The van der Waals surface area contributed by atoms with E-state index >= 15 is 0 Å². The van der Waals surface area contributed by atoms with Crippen molar-refractivity contribution in [2.45, 2.75) is 65.0 Å². The molecule has 1 aliphatic carbocycles. The van der Waals surface area contributed by atoms with E-state index in [2.05, 4.69) is 35.4 Å². The molecule has 0 unspecified atom stereocenters. The quantitative estimate of drug-likeness (QED) is 0.532. The SMILES string of the molecule is CN[C@@H](C)C/C=C/c1cncc(OC(C)C)c1.Nc1c2c(nc3ccccc13)CCCC2. The van der Waals surface area contributed by atoms with E-state index in [4.69, 9.17) is 15.5 Å². The van der Waals surface area contributed by atoms with Crippen LogP contribution in [-0.2, 0) is 12.8 Å². The van der Waals surface area contributed by atoms with E-state index in [-0.39, 0.29) is 6.10 Å². The number of aryl methyl sites for hydroxylation is 1. The minimum atomic E-state index is 0.181. The van der Waals surface area contributed by atoms with Gasteiger partial charge in [0.05, 0.1) is 17.8 Å². The monoisotopic (exact) mass is 432 g/mol. The Balaban J connectivity index is 0.000000181. The number of aromatic nitrogens is 2. The van der Waals surface area contributed by atoms with Gasteiger partial charge in [0.25, 0.3) is 0 Å². The van der Waals surface area contributed by atoms with Crippen LogP contribution < -0.4 is 15.8 Å². The van der Waals surface area contributed by atoms with E-state index in [0.29, 0.717) is 6.04 Å². The van der Waals surface area contributed by atoms with Crippen molar-refractivity contribution in [3.63, 3.8) is 0 Å². The summed E-state index contributed by atoms with van der Waals surface area (Å²) in [4.78, 5) is 8.86. The van der Waals surface area contributed by atoms with Gasteiger partial charge in [-0.2, -0.15) is 0 Å². The molecule has 0 fully saturated rings. The highest BCUT2D eigenvalue weighted by Gasteiger charge is 2.15. The number of benzene rings is 1. The van der Waals surface area contributed by atoms with Crippen molar-refractivity contribution < 1.29 is 4.74 Å². The maximum atomic E-state index is 6.20. The third-order valence-electron chi connectivity index (χ3n) is 5.61. The average Bonchev–Trinajstić information content (AvgIpc) is 2.79. The number of rotatable bonds is 6. The molecule has 0 amide bonds. The van der Waals surface area contributed by atoms with Crippen molar-refractivity contribution in [3.05, 3.63) is 65.6 Å². The summed E-state index contributed by atoms with van der Waals surface area (Å²) in [5.41, 5.74) is 11.8. The first-order chi connectivity index (χ1) is 15.5. The van der Waals surface area contributed by atoms with Crippen LogP contribution in [0.4, 0.5) is 5.69 Å². The molecule has 0 radical (unpaired) electrons. The molecule has 1 aromatic carbocycles. The maximum Gasteiger partial charge on any atom is 0.138 e. The number of pyridine rings is 2.